The minimum Gasteiger partial charge on any atom is -0.480 e. The molecule has 0 bridgehead atoms. The van der Waals surface area contributed by atoms with Gasteiger partial charge >= 0.3 is 5.97 Å². The molecular weight excluding hydrogens is 294 g/mol. The van der Waals surface area contributed by atoms with Gasteiger partial charge in [0.2, 0.25) is 5.91 Å². The molecule has 126 valence electrons. The van der Waals surface area contributed by atoms with Crippen LogP contribution < -0.4 is 5.32 Å². The number of nitrogens with one attached hydrogen (secondary N) is 1. The van der Waals surface area contributed by atoms with Crippen molar-refractivity contribution in [3.8, 4) is 0 Å². The lowest BCUT2D eigenvalue weighted by molar-refractivity contribution is -0.145. The van der Waals surface area contributed by atoms with Gasteiger partial charge in [-0.3, -0.25) is 4.79 Å². The maximum atomic E-state index is 12.4. The molecule has 1 aromatic rings. The Labute approximate surface area is 137 Å². The number of carboxylic acids is 1. The lowest BCUT2D eigenvalue weighted by Gasteiger charge is -2.28. The van der Waals surface area contributed by atoms with Crippen LogP contribution in [0.25, 0.3) is 0 Å². The number of hydrogen-bond acceptors (Lipinski definition) is 3. The van der Waals surface area contributed by atoms with E-state index in [0.29, 0.717) is 19.6 Å². The lowest BCUT2D eigenvalue weighted by atomic mass is 9.92. The molecule has 3 atom stereocenters. The lowest BCUT2D eigenvalue weighted by Crippen LogP contribution is -2.50. The van der Waals surface area contributed by atoms with E-state index in [9.17, 15) is 14.7 Å². The minimum absolute atomic E-state index is 0.156. The van der Waals surface area contributed by atoms with Crippen LogP contribution in [0.4, 0.5) is 0 Å². The number of rotatable bonds is 6. The quantitative estimate of drug-likeness (QED) is 0.842. The molecule has 1 heterocycles. The fourth-order valence-corrected chi connectivity index (χ4v) is 2.88. The van der Waals surface area contributed by atoms with Crippen LogP contribution >= 0.6 is 0 Å². The summed E-state index contributed by atoms with van der Waals surface area (Å²) < 4.78 is 5.35. The molecule has 1 amide bonds. The number of benzene rings is 1. The Morgan fingerprint density at radius 1 is 1.35 bits per heavy atom. The van der Waals surface area contributed by atoms with Crippen molar-refractivity contribution in [1.82, 2.24) is 5.32 Å². The summed E-state index contributed by atoms with van der Waals surface area (Å²) in [6, 6.07) is 7.16. The van der Waals surface area contributed by atoms with Gasteiger partial charge in [0.1, 0.15) is 6.04 Å². The normalized spacial score (nSPS) is 20.5. The predicted molar refractivity (Wildman–Crippen MR) is 87.2 cm³/mol. The molecule has 0 aliphatic carbocycles. The highest BCUT2D eigenvalue weighted by molar-refractivity contribution is 5.85. The van der Waals surface area contributed by atoms with Crippen molar-refractivity contribution in [2.75, 3.05) is 13.2 Å². The summed E-state index contributed by atoms with van der Waals surface area (Å²) in [5.74, 6) is -1.64. The molecule has 0 radical (unpaired) electrons. The molecule has 1 saturated heterocycles. The van der Waals surface area contributed by atoms with Crippen LogP contribution in [0.2, 0.25) is 0 Å². The Bertz CT molecular complexity index is 534. The molecule has 1 aromatic carbocycles. The molecule has 5 heteroatoms. The number of carboxylic acid groups (broad SMARTS) is 1. The summed E-state index contributed by atoms with van der Waals surface area (Å²) in [4.78, 5) is 23.8. The first-order chi connectivity index (χ1) is 11.0. The monoisotopic (exact) mass is 319 g/mol. The third-order valence-electron chi connectivity index (χ3n) is 4.34. The second kappa shape index (κ2) is 8.11. The molecule has 0 aromatic heterocycles. The van der Waals surface area contributed by atoms with Gasteiger partial charge in [-0.1, -0.05) is 36.8 Å². The summed E-state index contributed by atoms with van der Waals surface area (Å²) >= 11 is 0. The van der Waals surface area contributed by atoms with Gasteiger partial charge in [0.05, 0.1) is 6.61 Å². The number of aryl methyl sites for hydroxylation is 1. The van der Waals surface area contributed by atoms with Gasteiger partial charge < -0.3 is 15.2 Å². The molecule has 1 aliphatic heterocycles. The van der Waals surface area contributed by atoms with Gasteiger partial charge in [-0.2, -0.15) is 0 Å². The average Bonchev–Trinajstić information content (AvgIpc) is 2.55. The van der Waals surface area contributed by atoms with Gasteiger partial charge in [-0.15, -0.1) is 0 Å². The fraction of sp³-hybridized carbons (Fsp3) is 0.556. The summed E-state index contributed by atoms with van der Waals surface area (Å²) in [5, 5.41) is 12.1. The molecule has 5 nitrogen and oxygen atoms in total. The Hall–Kier alpha value is -1.88. The van der Waals surface area contributed by atoms with E-state index >= 15 is 0 Å². The van der Waals surface area contributed by atoms with Crippen LogP contribution in [0.15, 0.2) is 24.3 Å². The van der Waals surface area contributed by atoms with Crippen LogP contribution in [0.1, 0.15) is 30.9 Å². The van der Waals surface area contributed by atoms with Gasteiger partial charge in [0.15, 0.2) is 0 Å². The van der Waals surface area contributed by atoms with E-state index in [2.05, 4.69) is 5.32 Å². The van der Waals surface area contributed by atoms with E-state index in [0.717, 1.165) is 18.4 Å². The fourth-order valence-electron chi connectivity index (χ4n) is 2.88. The minimum atomic E-state index is -0.989. The van der Waals surface area contributed by atoms with Crippen molar-refractivity contribution in [2.24, 2.45) is 11.8 Å². The van der Waals surface area contributed by atoms with Crippen LogP contribution in [-0.4, -0.2) is 36.2 Å². The molecule has 3 unspecified atom stereocenters. The van der Waals surface area contributed by atoms with E-state index in [-0.39, 0.29) is 17.7 Å². The molecular formula is C18H25NO4. The van der Waals surface area contributed by atoms with Crippen LogP contribution in [0.3, 0.4) is 0 Å². The summed E-state index contributed by atoms with van der Waals surface area (Å²) in [7, 11) is 0. The van der Waals surface area contributed by atoms with E-state index < -0.39 is 12.0 Å². The van der Waals surface area contributed by atoms with E-state index in [1.807, 2.05) is 38.1 Å². The number of aliphatic carboxylic acids is 1. The average molecular weight is 319 g/mol. The third-order valence-corrected chi connectivity index (χ3v) is 4.34. The van der Waals surface area contributed by atoms with Gasteiger partial charge in [0.25, 0.3) is 0 Å². The SMILES string of the molecule is Cc1ccc(CC(C)C(=O)NC(C(=O)O)C2CCCOC2)cc1. The third kappa shape index (κ3) is 5.06. The van der Waals surface area contributed by atoms with E-state index in [1.54, 1.807) is 0 Å². The van der Waals surface area contributed by atoms with Crippen molar-refractivity contribution in [3.63, 3.8) is 0 Å². The standard InChI is InChI=1S/C18H25NO4/c1-12-5-7-14(8-6-12)10-13(2)17(20)19-16(18(21)22)15-4-3-9-23-11-15/h5-8,13,15-16H,3-4,9-11H2,1-2H3,(H,19,20)(H,21,22). The van der Waals surface area contributed by atoms with Crippen molar-refractivity contribution < 1.29 is 19.4 Å². The second-order valence-electron chi connectivity index (χ2n) is 6.39. The van der Waals surface area contributed by atoms with E-state index in [4.69, 9.17) is 4.74 Å². The zero-order valence-corrected chi connectivity index (χ0v) is 13.7. The van der Waals surface area contributed by atoms with E-state index in [1.165, 1.54) is 5.56 Å². The Kier molecular flexibility index (Phi) is 6.16. The molecule has 23 heavy (non-hydrogen) atoms. The first-order valence-corrected chi connectivity index (χ1v) is 8.14. The molecule has 2 N–H and O–H groups in total. The smallest absolute Gasteiger partial charge is 0.326 e. The van der Waals surface area contributed by atoms with Gasteiger partial charge in [-0.05, 0) is 31.7 Å². The Morgan fingerprint density at radius 2 is 2.04 bits per heavy atom. The van der Waals surface area contributed by atoms with Gasteiger partial charge in [0, 0.05) is 18.4 Å². The van der Waals surface area contributed by atoms with Crippen LogP contribution in [0.5, 0.6) is 0 Å². The number of carbonyl (C=O) groups is 2. The highest BCUT2D eigenvalue weighted by Gasteiger charge is 2.32. The molecule has 0 spiro atoms. The number of ether oxygens (including phenoxy) is 1. The van der Waals surface area contributed by atoms with Crippen molar-refractivity contribution in [2.45, 2.75) is 39.2 Å². The predicted octanol–water partition coefficient (Wildman–Crippen LogP) is 2.17. The maximum absolute atomic E-state index is 12.4. The first-order valence-electron chi connectivity index (χ1n) is 8.14. The Balaban J connectivity index is 1.94. The molecule has 1 fully saturated rings. The molecule has 0 saturated carbocycles. The number of hydrogen-bond donors (Lipinski definition) is 2. The summed E-state index contributed by atoms with van der Waals surface area (Å²) in [6.45, 7) is 4.90. The van der Waals surface area contributed by atoms with Crippen LogP contribution in [-0.2, 0) is 20.7 Å². The summed E-state index contributed by atoms with van der Waals surface area (Å²) in [5.41, 5.74) is 2.25. The number of carbonyl (C=O) groups excluding carboxylic acids is 1. The van der Waals surface area contributed by atoms with Crippen molar-refractivity contribution in [3.05, 3.63) is 35.4 Å². The zero-order valence-electron chi connectivity index (χ0n) is 13.7. The maximum Gasteiger partial charge on any atom is 0.326 e. The highest BCUT2D eigenvalue weighted by Crippen LogP contribution is 2.19. The molecule has 2 rings (SSSR count). The first kappa shape index (κ1) is 17.5. The number of amides is 1. The van der Waals surface area contributed by atoms with Gasteiger partial charge in [-0.25, -0.2) is 4.79 Å². The Morgan fingerprint density at radius 3 is 2.61 bits per heavy atom. The molecule has 1 aliphatic rings. The second-order valence-corrected chi connectivity index (χ2v) is 6.39. The topological polar surface area (TPSA) is 75.6 Å². The highest BCUT2D eigenvalue weighted by atomic mass is 16.5. The van der Waals surface area contributed by atoms with Crippen molar-refractivity contribution >= 4 is 11.9 Å². The zero-order chi connectivity index (χ0) is 16.8. The van der Waals surface area contributed by atoms with Crippen LogP contribution in [0, 0.1) is 18.8 Å². The van der Waals surface area contributed by atoms with Crippen molar-refractivity contribution in [1.29, 1.82) is 0 Å². The summed E-state index contributed by atoms with van der Waals surface area (Å²) in [6.07, 6.45) is 2.20. The largest absolute Gasteiger partial charge is 0.480 e.